The van der Waals surface area contributed by atoms with Crippen LogP contribution in [0, 0.1) is 12.8 Å². The van der Waals surface area contributed by atoms with Crippen LogP contribution < -0.4 is 10.2 Å². The molecule has 3 aromatic rings. The number of rotatable bonds is 3. The number of nitrogens with one attached hydrogen (secondary N) is 1. The third-order valence-corrected chi connectivity index (χ3v) is 5.32. The maximum absolute atomic E-state index is 12.8. The molecule has 1 aliphatic rings. The first kappa shape index (κ1) is 17.3. The van der Waals surface area contributed by atoms with Crippen molar-refractivity contribution in [3.05, 3.63) is 60.4 Å². The summed E-state index contributed by atoms with van der Waals surface area (Å²) >= 11 is 0. The third-order valence-electron chi connectivity index (χ3n) is 5.32. The Kier molecular flexibility index (Phi) is 4.67. The normalized spacial score (nSPS) is 15.1. The summed E-state index contributed by atoms with van der Waals surface area (Å²) in [6, 6.07) is 13.0. The Morgan fingerprint density at radius 2 is 2.00 bits per heavy atom. The number of carbonyl (C=O) groups excluding carboxylic acids is 1. The average molecular weight is 361 g/mol. The lowest BCUT2D eigenvalue weighted by molar-refractivity contribution is -0.120. The first-order chi connectivity index (χ1) is 13.1. The predicted molar refractivity (Wildman–Crippen MR) is 108 cm³/mol. The Bertz CT molecular complexity index is 978. The number of aromatic nitrogens is 1. The molecule has 2 aromatic carbocycles. The Morgan fingerprint density at radius 1 is 1.19 bits per heavy atom. The number of phenolic OH excluding ortho intramolecular Hbond substituents is 1. The molecule has 0 aliphatic carbocycles. The number of carbonyl (C=O) groups is 1. The number of fused-ring (bicyclic) bond motifs is 1. The van der Waals surface area contributed by atoms with Crippen molar-refractivity contribution >= 4 is 28.1 Å². The fourth-order valence-electron chi connectivity index (χ4n) is 3.81. The first-order valence-corrected chi connectivity index (χ1v) is 9.30. The number of nitrogens with zero attached hydrogens (tertiary/aromatic N) is 2. The molecule has 5 nitrogen and oxygen atoms in total. The number of hydrogen-bond acceptors (Lipinski definition) is 4. The Balaban J connectivity index is 1.45. The van der Waals surface area contributed by atoms with Crippen LogP contribution in [0.15, 0.2) is 54.9 Å². The van der Waals surface area contributed by atoms with E-state index in [1.165, 1.54) is 5.69 Å². The molecule has 1 saturated heterocycles. The summed E-state index contributed by atoms with van der Waals surface area (Å²) in [5.41, 5.74) is 3.12. The van der Waals surface area contributed by atoms with Crippen LogP contribution in [0.25, 0.3) is 10.8 Å². The Morgan fingerprint density at radius 3 is 2.78 bits per heavy atom. The van der Waals surface area contributed by atoms with Crippen LogP contribution in [-0.4, -0.2) is 29.1 Å². The minimum Gasteiger partial charge on any atom is -0.508 e. The zero-order valence-corrected chi connectivity index (χ0v) is 15.4. The number of aryl methyl sites for hydroxylation is 1. The summed E-state index contributed by atoms with van der Waals surface area (Å²) in [5, 5.41) is 14.7. The second kappa shape index (κ2) is 7.27. The lowest BCUT2D eigenvalue weighted by Crippen LogP contribution is -2.38. The van der Waals surface area contributed by atoms with Gasteiger partial charge in [0.2, 0.25) is 5.91 Å². The maximum atomic E-state index is 12.8. The van der Waals surface area contributed by atoms with E-state index in [9.17, 15) is 9.90 Å². The molecule has 4 rings (SSSR count). The van der Waals surface area contributed by atoms with Gasteiger partial charge in [0.25, 0.3) is 0 Å². The van der Waals surface area contributed by atoms with Gasteiger partial charge in [-0.25, -0.2) is 0 Å². The van der Waals surface area contributed by atoms with E-state index in [0.29, 0.717) is 0 Å². The first-order valence-electron chi connectivity index (χ1n) is 9.30. The maximum Gasteiger partial charge on any atom is 0.227 e. The van der Waals surface area contributed by atoms with E-state index < -0.39 is 0 Å². The minimum atomic E-state index is -0.00374. The molecule has 0 atom stereocenters. The summed E-state index contributed by atoms with van der Waals surface area (Å²) in [7, 11) is 0. The van der Waals surface area contributed by atoms with Crippen LogP contribution in [0.2, 0.25) is 0 Å². The molecule has 0 radical (unpaired) electrons. The summed E-state index contributed by atoms with van der Waals surface area (Å²) in [6.45, 7) is 3.79. The quantitative estimate of drug-likeness (QED) is 0.737. The van der Waals surface area contributed by atoms with Crippen LogP contribution >= 0.6 is 0 Å². The van der Waals surface area contributed by atoms with Crippen molar-refractivity contribution in [3.8, 4) is 5.75 Å². The van der Waals surface area contributed by atoms with Gasteiger partial charge in [0.15, 0.2) is 0 Å². The standard InChI is InChI=1S/C22H23N3O2/c1-15-14-23-10-7-21(15)25-11-8-17(9-12-25)22(27)24-20-4-2-3-16-5-6-18(26)13-19(16)20/h2-7,10,13-14,17,26H,8-9,11-12H2,1H3,(H,24,27). The SMILES string of the molecule is Cc1cnccc1N1CCC(C(=O)Nc2cccc3ccc(O)cc23)CC1. The van der Waals surface area contributed by atoms with Crippen LogP contribution in [-0.2, 0) is 4.79 Å². The van der Waals surface area contributed by atoms with Crippen LogP contribution in [0.3, 0.4) is 0 Å². The van der Waals surface area contributed by atoms with Crippen molar-refractivity contribution < 1.29 is 9.90 Å². The van der Waals surface area contributed by atoms with Crippen LogP contribution in [0.4, 0.5) is 11.4 Å². The molecule has 1 fully saturated rings. The number of anilines is 2. The molecule has 1 amide bonds. The smallest absolute Gasteiger partial charge is 0.227 e. The fraction of sp³-hybridized carbons (Fsp3) is 0.273. The lowest BCUT2D eigenvalue weighted by Gasteiger charge is -2.33. The van der Waals surface area contributed by atoms with Gasteiger partial charge >= 0.3 is 0 Å². The Hall–Kier alpha value is -3.08. The number of hydrogen-bond donors (Lipinski definition) is 2. The molecular formula is C22H23N3O2. The number of phenols is 1. The lowest BCUT2D eigenvalue weighted by atomic mass is 9.95. The molecule has 0 spiro atoms. The van der Waals surface area contributed by atoms with Crippen molar-refractivity contribution in [2.24, 2.45) is 5.92 Å². The van der Waals surface area contributed by atoms with Gasteiger partial charge in [-0.2, -0.15) is 0 Å². The molecule has 1 aliphatic heterocycles. The van der Waals surface area contributed by atoms with Gasteiger partial charge in [-0.05, 0) is 55.0 Å². The van der Waals surface area contributed by atoms with Gasteiger partial charge in [0, 0.05) is 48.2 Å². The van der Waals surface area contributed by atoms with E-state index in [4.69, 9.17) is 0 Å². The monoisotopic (exact) mass is 361 g/mol. The minimum absolute atomic E-state index is 0.00374. The molecule has 2 heterocycles. The molecular weight excluding hydrogens is 338 g/mol. The van der Waals surface area contributed by atoms with Crippen molar-refractivity contribution in [1.29, 1.82) is 0 Å². The number of piperidine rings is 1. The van der Waals surface area contributed by atoms with E-state index >= 15 is 0 Å². The second-order valence-corrected chi connectivity index (χ2v) is 7.12. The number of pyridine rings is 1. The highest BCUT2D eigenvalue weighted by Crippen LogP contribution is 2.29. The van der Waals surface area contributed by atoms with E-state index in [1.807, 2.05) is 42.7 Å². The van der Waals surface area contributed by atoms with Gasteiger partial charge in [0.05, 0.1) is 0 Å². The number of aromatic hydroxyl groups is 1. The van der Waals surface area contributed by atoms with Crippen molar-refractivity contribution in [1.82, 2.24) is 4.98 Å². The van der Waals surface area contributed by atoms with Crippen LogP contribution in [0.1, 0.15) is 18.4 Å². The van der Waals surface area contributed by atoms with E-state index in [0.717, 1.165) is 48.0 Å². The summed E-state index contributed by atoms with van der Waals surface area (Å²) in [4.78, 5) is 19.3. The molecule has 1 aromatic heterocycles. The highest BCUT2D eigenvalue weighted by atomic mass is 16.3. The largest absolute Gasteiger partial charge is 0.508 e. The van der Waals surface area contributed by atoms with E-state index in [2.05, 4.69) is 22.1 Å². The second-order valence-electron chi connectivity index (χ2n) is 7.12. The molecule has 27 heavy (non-hydrogen) atoms. The molecule has 5 heteroatoms. The zero-order chi connectivity index (χ0) is 18.8. The van der Waals surface area contributed by atoms with Crippen molar-refractivity contribution in [2.45, 2.75) is 19.8 Å². The number of benzene rings is 2. The molecule has 0 unspecified atom stereocenters. The van der Waals surface area contributed by atoms with Gasteiger partial charge < -0.3 is 15.3 Å². The third kappa shape index (κ3) is 3.58. The fourth-order valence-corrected chi connectivity index (χ4v) is 3.81. The van der Waals surface area contributed by atoms with Crippen molar-refractivity contribution in [2.75, 3.05) is 23.3 Å². The molecule has 138 valence electrons. The number of amides is 1. The van der Waals surface area contributed by atoms with Gasteiger partial charge in [-0.1, -0.05) is 18.2 Å². The topological polar surface area (TPSA) is 65.5 Å². The van der Waals surface area contributed by atoms with Gasteiger partial charge in [0.1, 0.15) is 5.75 Å². The van der Waals surface area contributed by atoms with Gasteiger partial charge in [-0.15, -0.1) is 0 Å². The molecule has 0 saturated carbocycles. The molecule has 0 bridgehead atoms. The average Bonchev–Trinajstić information content (AvgIpc) is 2.69. The molecule has 2 N–H and O–H groups in total. The highest BCUT2D eigenvalue weighted by Gasteiger charge is 2.26. The predicted octanol–water partition coefficient (Wildman–Crippen LogP) is 4.10. The van der Waals surface area contributed by atoms with Crippen LogP contribution in [0.5, 0.6) is 5.75 Å². The highest BCUT2D eigenvalue weighted by molar-refractivity contribution is 6.03. The summed E-state index contributed by atoms with van der Waals surface area (Å²) in [6.07, 6.45) is 5.34. The van der Waals surface area contributed by atoms with E-state index in [1.54, 1.807) is 12.1 Å². The summed E-state index contributed by atoms with van der Waals surface area (Å²) < 4.78 is 0. The summed E-state index contributed by atoms with van der Waals surface area (Å²) in [5.74, 6) is 0.248. The van der Waals surface area contributed by atoms with Gasteiger partial charge in [-0.3, -0.25) is 9.78 Å². The zero-order valence-electron chi connectivity index (χ0n) is 15.4. The Labute approximate surface area is 158 Å². The van der Waals surface area contributed by atoms with Crippen molar-refractivity contribution in [3.63, 3.8) is 0 Å². The van der Waals surface area contributed by atoms with E-state index in [-0.39, 0.29) is 17.6 Å².